The zero-order valence-electron chi connectivity index (χ0n) is 19.8. The highest BCUT2D eigenvalue weighted by atomic mass is 35.5. The topological polar surface area (TPSA) is 112 Å². The van der Waals surface area contributed by atoms with Crippen LogP contribution in [0.15, 0.2) is 83.9 Å². The Kier molecular flexibility index (Phi) is 5.39. The second kappa shape index (κ2) is 8.76. The molecule has 0 amide bonds. The highest BCUT2D eigenvalue weighted by Gasteiger charge is 2.20. The molecule has 0 aliphatic carbocycles. The summed E-state index contributed by atoms with van der Waals surface area (Å²) >= 11 is 6.18. The first-order chi connectivity index (χ1) is 17.9. The van der Waals surface area contributed by atoms with Crippen LogP contribution in [-0.2, 0) is 6.54 Å². The number of aryl methyl sites for hydroxylation is 1. The summed E-state index contributed by atoms with van der Waals surface area (Å²) in [6, 6.07) is 22.2. The number of phenolic OH excluding ortho intramolecular Hbond substituents is 1. The smallest absolute Gasteiger partial charge is 0.263 e. The predicted molar refractivity (Wildman–Crippen MR) is 145 cm³/mol. The fraction of sp³-hybridized carbons (Fsp3) is 0.0714. The van der Waals surface area contributed by atoms with Crippen molar-refractivity contribution in [2.75, 3.05) is 5.73 Å². The van der Waals surface area contributed by atoms with Crippen molar-refractivity contribution < 1.29 is 5.11 Å². The normalized spacial score (nSPS) is 11.4. The number of nitrogens with zero attached hydrogens (tertiary/aromatic N) is 5. The Morgan fingerprint density at radius 1 is 0.973 bits per heavy atom. The molecule has 0 bridgehead atoms. The molecule has 3 N–H and O–H groups in total. The number of rotatable bonds is 4. The van der Waals surface area contributed by atoms with Crippen LogP contribution in [0, 0.1) is 6.92 Å². The van der Waals surface area contributed by atoms with Crippen LogP contribution in [0.1, 0.15) is 11.3 Å². The molecule has 0 aliphatic rings. The number of hydrogen-bond acceptors (Lipinski definition) is 6. The van der Waals surface area contributed by atoms with Gasteiger partial charge in [0.15, 0.2) is 5.65 Å². The van der Waals surface area contributed by atoms with Gasteiger partial charge in [-0.2, -0.15) is 5.10 Å². The van der Waals surface area contributed by atoms with Gasteiger partial charge < -0.3 is 10.8 Å². The zero-order chi connectivity index (χ0) is 25.7. The molecule has 6 aromatic rings. The summed E-state index contributed by atoms with van der Waals surface area (Å²) in [5.74, 6) is 0.238. The first-order valence-electron chi connectivity index (χ1n) is 11.6. The Bertz CT molecular complexity index is 1880. The van der Waals surface area contributed by atoms with Crippen molar-refractivity contribution in [2.45, 2.75) is 13.5 Å². The van der Waals surface area contributed by atoms with Gasteiger partial charge in [-0.1, -0.05) is 48.0 Å². The molecule has 0 fully saturated rings. The number of halogens is 1. The third-order valence-corrected chi connectivity index (χ3v) is 6.74. The summed E-state index contributed by atoms with van der Waals surface area (Å²) in [5.41, 5.74) is 10.3. The van der Waals surface area contributed by atoms with E-state index >= 15 is 0 Å². The van der Waals surface area contributed by atoms with Crippen LogP contribution >= 0.6 is 11.6 Å². The molecular formula is C28H21ClN6O2. The molecule has 0 saturated heterocycles. The van der Waals surface area contributed by atoms with Gasteiger partial charge in [-0.3, -0.25) is 9.36 Å². The van der Waals surface area contributed by atoms with E-state index in [-0.39, 0.29) is 28.7 Å². The lowest BCUT2D eigenvalue weighted by Gasteiger charge is -2.16. The summed E-state index contributed by atoms with van der Waals surface area (Å²) in [6.45, 7) is 2.18. The molecule has 3 heterocycles. The van der Waals surface area contributed by atoms with Crippen molar-refractivity contribution in [3.05, 3.63) is 106 Å². The van der Waals surface area contributed by atoms with Gasteiger partial charge in [-0.25, -0.2) is 14.6 Å². The fourth-order valence-electron chi connectivity index (χ4n) is 4.72. The number of benzene rings is 3. The van der Waals surface area contributed by atoms with Crippen molar-refractivity contribution in [2.24, 2.45) is 0 Å². The molecule has 0 atom stereocenters. The number of aromatic hydroxyl groups is 1. The Labute approximate surface area is 216 Å². The molecule has 8 nitrogen and oxygen atoms in total. The standard InChI is InChI=1S/C28H21ClN6O2/c1-16-6-5-7-17-12-20(35(28(37)23(16)17)19-8-3-2-4-9-19)14-34-27-24(26(30)31-15-32-27)25(33-34)18-10-11-22(36)21(29)13-18/h2-13,15,36H,14H2,1H3,(H2,30,31,32). The van der Waals surface area contributed by atoms with Gasteiger partial charge in [-0.05, 0) is 54.3 Å². The zero-order valence-corrected chi connectivity index (χ0v) is 20.5. The first kappa shape index (κ1) is 22.8. The molecule has 3 aromatic heterocycles. The van der Waals surface area contributed by atoms with E-state index < -0.39 is 0 Å². The SMILES string of the molecule is Cc1cccc2cc(Cn3nc(-c4ccc(O)c(Cl)c4)c4c(N)ncnc43)n(-c3ccccc3)c(=O)c12. The van der Waals surface area contributed by atoms with Gasteiger partial charge in [0.2, 0.25) is 0 Å². The quantitative estimate of drug-likeness (QED) is 0.343. The van der Waals surface area contributed by atoms with Gasteiger partial charge >= 0.3 is 0 Å². The Hall–Kier alpha value is -4.69. The molecule has 0 unspecified atom stereocenters. The lowest BCUT2D eigenvalue weighted by molar-refractivity contribution is 0.475. The minimum absolute atomic E-state index is 0.0308. The van der Waals surface area contributed by atoms with Crippen molar-refractivity contribution in [1.82, 2.24) is 24.3 Å². The summed E-state index contributed by atoms with van der Waals surface area (Å²) in [6.07, 6.45) is 1.39. The van der Waals surface area contributed by atoms with E-state index in [1.807, 2.05) is 61.5 Å². The predicted octanol–water partition coefficient (Wildman–Crippen LogP) is 5.10. The molecular weight excluding hydrogens is 488 g/mol. The van der Waals surface area contributed by atoms with E-state index in [4.69, 9.17) is 22.4 Å². The van der Waals surface area contributed by atoms with Crippen molar-refractivity contribution in [1.29, 1.82) is 0 Å². The minimum Gasteiger partial charge on any atom is -0.506 e. The number of anilines is 1. The maximum Gasteiger partial charge on any atom is 0.263 e. The molecule has 0 spiro atoms. The number of pyridine rings is 1. The van der Waals surface area contributed by atoms with Crippen molar-refractivity contribution >= 4 is 39.2 Å². The van der Waals surface area contributed by atoms with Gasteiger partial charge in [0.25, 0.3) is 5.56 Å². The highest BCUT2D eigenvalue weighted by Crippen LogP contribution is 2.34. The minimum atomic E-state index is -0.104. The Morgan fingerprint density at radius 3 is 2.57 bits per heavy atom. The molecule has 0 radical (unpaired) electrons. The number of hydrogen-bond donors (Lipinski definition) is 2. The molecule has 9 heteroatoms. The van der Waals surface area contributed by atoms with Crippen LogP contribution in [0.25, 0.3) is 38.8 Å². The second-order valence-corrected chi connectivity index (χ2v) is 9.19. The third-order valence-electron chi connectivity index (χ3n) is 6.44. The van der Waals surface area contributed by atoms with Crippen LogP contribution < -0.4 is 11.3 Å². The molecule has 3 aromatic carbocycles. The summed E-state index contributed by atoms with van der Waals surface area (Å²) < 4.78 is 3.42. The van der Waals surface area contributed by atoms with Gasteiger partial charge in [0, 0.05) is 16.9 Å². The number of phenols is 1. The van der Waals surface area contributed by atoms with E-state index in [1.54, 1.807) is 21.4 Å². The van der Waals surface area contributed by atoms with E-state index in [0.717, 1.165) is 22.3 Å². The van der Waals surface area contributed by atoms with Crippen LogP contribution in [0.2, 0.25) is 5.02 Å². The van der Waals surface area contributed by atoms with Crippen LogP contribution in [0.5, 0.6) is 5.75 Å². The van der Waals surface area contributed by atoms with Crippen LogP contribution in [-0.4, -0.2) is 29.4 Å². The number of nitrogens with two attached hydrogens (primary N) is 1. The Morgan fingerprint density at radius 2 is 1.78 bits per heavy atom. The lowest BCUT2D eigenvalue weighted by atomic mass is 10.1. The highest BCUT2D eigenvalue weighted by molar-refractivity contribution is 6.32. The maximum absolute atomic E-state index is 13.8. The van der Waals surface area contributed by atoms with Crippen LogP contribution in [0.3, 0.4) is 0 Å². The molecule has 37 heavy (non-hydrogen) atoms. The Balaban J connectivity index is 1.61. The van der Waals surface area contributed by atoms with E-state index in [1.165, 1.54) is 12.4 Å². The number of para-hydroxylation sites is 1. The number of nitrogen functional groups attached to an aromatic ring is 1. The average Bonchev–Trinajstić information content (AvgIpc) is 3.26. The summed E-state index contributed by atoms with van der Waals surface area (Å²) in [7, 11) is 0. The monoisotopic (exact) mass is 508 g/mol. The molecule has 182 valence electrons. The molecule has 0 aliphatic heterocycles. The summed E-state index contributed by atoms with van der Waals surface area (Å²) in [5, 5.41) is 17.0. The van der Waals surface area contributed by atoms with Gasteiger partial charge in [0.05, 0.1) is 22.3 Å². The fourth-order valence-corrected chi connectivity index (χ4v) is 4.90. The summed E-state index contributed by atoms with van der Waals surface area (Å²) in [4.78, 5) is 22.4. The van der Waals surface area contributed by atoms with E-state index in [2.05, 4.69) is 9.97 Å². The van der Waals surface area contributed by atoms with Crippen LogP contribution in [0.4, 0.5) is 5.82 Å². The van der Waals surface area contributed by atoms with Crippen molar-refractivity contribution in [3.63, 3.8) is 0 Å². The van der Waals surface area contributed by atoms with Gasteiger partial charge in [-0.15, -0.1) is 0 Å². The molecule has 0 saturated carbocycles. The van der Waals surface area contributed by atoms with Crippen molar-refractivity contribution in [3.8, 4) is 22.7 Å². The molecule has 6 rings (SSSR count). The number of aromatic nitrogens is 5. The maximum atomic E-state index is 13.8. The lowest BCUT2D eigenvalue weighted by Crippen LogP contribution is -2.24. The van der Waals surface area contributed by atoms with Gasteiger partial charge in [0.1, 0.15) is 23.6 Å². The third kappa shape index (κ3) is 3.78. The first-order valence-corrected chi connectivity index (χ1v) is 12.0. The largest absolute Gasteiger partial charge is 0.506 e. The number of fused-ring (bicyclic) bond motifs is 2. The van der Waals surface area contributed by atoms with E-state index in [0.29, 0.717) is 27.7 Å². The average molecular weight is 509 g/mol. The van der Waals surface area contributed by atoms with E-state index in [9.17, 15) is 9.90 Å². The second-order valence-electron chi connectivity index (χ2n) is 8.78.